The van der Waals surface area contributed by atoms with Gasteiger partial charge in [-0.15, -0.1) is 0 Å². The second kappa shape index (κ2) is 9.34. The highest BCUT2D eigenvalue weighted by Crippen LogP contribution is 2.29. The molecule has 1 N–H and O–H groups in total. The molecule has 1 amide bonds. The Morgan fingerprint density at radius 2 is 1.69 bits per heavy atom. The maximum atomic E-state index is 12.7. The van der Waals surface area contributed by atoms with Gasteiger partial charge in [0.25, 0.3) is 5.91 Å². The average molecular weight is 457 g/mol. The van der Waals surface area contributed by atoms with E-state index in [0.717, 1.165) is 5.75 Å². The van der Waals surface area contributed by atoms with Crippen LogP contribution >= 0.6 is 23.2 Å². The summed E-state index contributed by atoms with van der Waals surface area (Å²) in [4.78, 5) is 14.3. The summed E-state index contributed by atoms with van der Waals surface area (Å²) in [5, 5.41) is 0.154. The molecule has 156 valence electrons. The Balaban J connectivity index is 1.61. The van der Waals surface area contributed by atoms with E-state index in [1.807, 2.05) is 6.92 Å². The number of halogens is 2. The molecule has 2 aromatic rings. The first-order valence-electron chi connectivity index (χ1n) is 9.30. The third-order valence-corrected chi connectivity index (χ3v) is 7.18. The van der Waals surface area contributed by atoms with E-state index < -0.39 is 10.0 Å². The maximum Gasteiger partial charge on any atom is 0.253 e. The third-order valence-electron chi connectivity index (χ3n) is 4.70. The molecule has 0 unspecified atom stereocenters. The zero-order valence-electron chi connectivity index (χ0n) is 15.9. The van der Waals surface area contributed by atoms with Crippen LogP contribution in [0.1, 0.15) is 30.1 Å². The first-order chi connectivity index (χ1) is 13.8. The molecule has 1 heterocycles. The predicted octanol–water partition coefficient (Wildman–Crippen LogP) is 3.98. The summed E-state index contributed by atoms with van der Waals surface area (Å²) in [6.07, 6.45) is 1.01. The molecule has 3 rings (SSSR count). The Morgan fingerprint density at radius 3 is 2.24 bits per heavy atom. The van der Waals surface area contributed by atoms with E-state index in [1.165, 1.54) is 12.1 Å². The number of hydrogen-bond acceptors (Lipinski definition) is 4. The minimum Gasteiger partial charge on any atom is -0.494 e. The van der Waals surface area contributed by atoms with E-state index in [2.05, 4.69) is 4.72 Å². The normalized spacial score (nSPS) is 15.3. The van der Waals surface area contributed by atoms with Gasteiger partial charge in [-0.3, -0.25) is 4.79 Å². The zero-order valence-corrected chi connectivity index (χ0v) is 18.2. The highest BCUT2D eigenvalue weighted by molar-refractivity contribution is 7.89. The average Bonchev–Trinajstić information content (AvgIpc) is 2.68. The fraction of sp³-hybridized carbons (Fsp3) is 0.350. The highest BCUT2D eigenvalue weighted by atomic mass is 35.5. The Bertz CT molecular complexity index is 952. The van der Waals surface area contributed by atoms with Gasteiger partial charge in [0.2, 0.25) is 10.0 Å². The second-order valence-electron chi connectivity index (χ2n) is 6.70. The summed E-state index contributed by atoms with van der Waals surface area (Å²) >= 11 is 12.1. The van der Waals surface area contributed by atoms with E-state index in [1.54, 1.807) is 35.2 Å². The van der Waals surface area contributed by atoms with Crippen LogP contribution in [-0.2, 0) is 10.0 Å². The molecule has 0 spiro atoms. The number of nitrogens with zero attached hydrogens (tertiary/aromatic N) is 1. The van der Waals surface area contributed by atoms with Crippen LogP contribution in [0, 0.1) is 0 Å². The first kappa shape index (κ1) is 21.9. The van der Waals surface area contributed by atoms with Crippen LogP contribution in [0.3, 0.4) is 0 Å². The molecule has 0 aromatic heterocycles. The van der Waals surface area contributed by atoms with Gasteiger partial charge in [-0.05, 0) is 56.2 Å². The van der Waals surface area contributed by atoms with Crippen LogP contribution in [0.5, 0.6) is 5.75 Å². The summed E-state index contributed by atoms with van der Waals surface area (Å²) in [5.41, 5.74) is 0.579. The number of benzene rings is 2. The standard InChI is InChI=1S/C20H22Cl2N2O4S/c1-2-28-16-8-6-14(7-9-16)20(25)24-12-10-15(11-13-24)23-29(26,27)19-17(21)4-3-5-18(19)22/h3-9,15,23H,2,10-13H2,1H3. The van der Waals surface area contributed by atoms with Gasteiger partial charge in [0.15, 0.2) is 0 Å². The quantitative estimate of drug-likeness (QED) is 0.712. The lowest BCUT2D eigenvalue weighted by Crippen LogP contribution is -2.46. The van der Waals surface area contributed by atoms with Crippen molar-refractivity contribution >= 4 is 39.1 Å². The number of carbonyl (C=O) groups is 1. The minimum absolute atomic E-state index is 0.0770. The molecule has 2 aromatic carbocycles. The number of carbonyl (C=O) groups excluding carboxylic acids is 1. The minimum atomic E-state index is -3.85. The summed E-state index contributed by atoms with van der Waals surface area (Å²) in [6, 6.07) is 11.3. The third kappa shape index (κ3) is 5.22. The Labute approximate surface area is 180 Å². The van der Waals surface area contributed by atoms with Crippen LogP contribution in [0.25, 0.3) is 0 Å². The Morgan fingerprint density at radius 1 is 1.10 bits per heavy atom. The molecule has 0 radical (unpaired) electrons. The van der Waals surface area contributed by atoms with Crippen molar-refractivity contribution in [1.29, 1.82) is 0 Å². The van der Waals surface area contributed by atoms with Crippen LogP contribution in [0.15, 0.2) is 47.4 Å². The number of ether oxygens (including phenoxy) is 1. The Kier molecular flexibility index (Phi) is 7.05. The molecule has 1 aliphatic heterocycles. The maximum absolute atomic E-state index is 12.7. The van der Waals surface area contributed by atoms with Gasteiger partial charge in [0.05, 0.1) is 16.7 Å². The molecule has 29 heavy (non-hydrogen) atoms. The molecule has 0 aliphatic carbocycles. The molecule has 1 saturated heterocycles. The lowest BCUT2D eigenvalue weighted by Gasteiger charge is -2.32. The molecule has 0 atom stereocenters. The fourth-order valence-electron chi connectivity index (χ4n) is 3.26. The molecule has 1 fully saturated rings. The van der Waals surface area contributed by atoms with Gasteiger partial charge in [-0.2, -0.15) is 0 Å². The van der Waals surface area contributed by atoms with E-state index in [4.69, 9.17) is 27.9 Å². The number of sulfonamides is 1. The van der Waals surface area contributed by atoms with Gasteiger partial charge in [0.1, 0.15) is 10.6 Å². The number of amides is 1. The van der Waals surface area contributed by atoms with Gasteiger partial charge in [0, 0.05) is 24.7 Å². The smallest absolute Gasteiger partial charge is 0.253 e. The monoisotopic (exact) mass is 456 g/mol. The van der Waals surface area contributed by atoms with Gasteiger partial charge in [-0.25, -0.2) is 13.1 Å². The van der Waals surface area contributed by atoms with Gasteiger partial charge >= 0.3 is 0 Å². The van der Waals surface area contributed by atoms with E-state index >= 15 is 0 Å². The number of likely N-dealkylation sites (tertiary alicyclic amines) is 1. The number of rotatable bonds is 6. The van der Waals surface area contributed by atoms with Crippen LogP contribution in [-0.4, -0.2) is 45.0 Å². The number of piperidine rings is 1. The summed E-state index contributed by atoms with van der Waals surface area (Å²) in [7, 11) is -3.85. The topological polar surface area (TPSA) is 75.7 Å². The van der Waals surface area contributed by atoms with E-state index in [0.29, 0.717) is 38.1 Å². The van der Waals surface area contributed by atoms with Crippen molar-refractivity contribution in [2.75, 3.05) is 19.7 Å². The molecule has 0 saturated carbocycles. The van der Waals surface area contributed by atoms with Gasteiger partial charge in [-0.1, -0.05) is 29.3 Å². The van der Waals surface area contributed by atoms with Crippen LogP contribution < -0.4 is 9.46 Å². The largest absolute Gasteiger partial charge is 0.494 e. The van der Waals surface area contributed by atoms with E-state index in [-0.39, 0.29) is 26.9 Å². The van der Waals surface area contributed by atoms with Crippen molar-refractivity contribution in [3.8, 4) is 5.75 Å². The molecule has 6 nitrogen and oxygen atoms in total. The van der Waals surface area contributed by atoms with Crippen molar-refractivity contribution < 1.29 is 17.9 Å². The lowest BCUT2D eigenvalue weighted by atomic mass is 10.0. The molecular weight excluding hydrogens is 435 g/mol. The molecule has 0 bridgehead atoms. The summed E-state index contributed by atoms with van der Waals surface area (Å²) in [5.74, 6) is 0.638. The molecule has 9 heteroatoms. The lowest BCUT2D eigenvalue weighted by molar-refractivity contribution is 0.0711. The molecular formula is C20H22Cl2N2O4S. The fourth-order valence-corrected chi connectivity index (χ4v) is 5.71. The van der Waals surface area contributed by atoms with Crippen molar-refractivity contribution in [3.63, 3.8) is 0 Å². The van der Waals surface area contributed by atoms with Crippen molar-refractivity contribution in [3.05, 3.63) is 58.1 Å². The Hall–Kier alpha value is -1.80. The van der Waals surface area contributed by atoms with Gasteiger partial charge < -0.3 is 9.64 Å². The number of nitrogens with one attached hydrogen (secondary N) is 1. The predicted molar refractivity (Wildman–Crippen MR) is 113 cm³/mol. The zero-order chi connectivity index (χ0) is 21.0. The second-order valence-corrected chi connectivity index (χ2v) is 9.16. The molecule has 1 aliphatic rings. The highest BCUT2D eigenvalue weighted by Gasteiger charge is 2.29. The summed E-state index contributed by atoms with van der Waals surface area (Å²) in [6.45, 7) is 3.37. The van der Waals surface area contributed by atoms with Crippen molar-refractivity contribution in [1.82, 2.24) is 9.62 Å². The summed E-state index contributed by atoms with van der Waals surface area (Å²) < 4.78 is 33.4. The van der Waals surface area contributed by atoms with E-state index in [9.17, 15) is 13.2 Å². The number of hydrogen-bond donors (Lipinski definition) is 1. The van der Waals surface area contributed by atoms with Crippen LogP contribution in [0.4, 0.5) is 0 Å². The van der Waals surface area contributed by atoms with Crippen molar-refractivity contribution in [2.24, 2.45) is 0 Å². The van der Waals surface area contributed by atoms with Crippen LogP contribution in [0.2, 0.25) is 10.0 Å². The van der Waals surface area contributed by atoms with Crippen molar-refractivity contribution in [2.45, 2.75) is 30.7 Å². The SMILES string of the molecule is CCOc1ccc(C(=O)N2CCC(NS(=O)(=O)c3c(Cl)cccc3Cl)CC2)cc1. The first-order valence-corrected chi connectivity index (χ1v) is 11.5.